The van der Waals surface area contributed by atoms with Gasteiger partial charge in [-0.2, -0.15) is 0 Å². The Morgan fingerprint density at radius 1 is 0.739 bits per heavy atom. The van der Waals surface area contributed by atoms with Gasteiger partial charge in [-0.3, -0.25) is 0 Å². The third kappa shape index (κ3) is 23.9. The molecule has 2 nitrogen and oxygen atoms in total. The molecule has 0 unspecified atom stereocenters. The quantitative estimate of drug-likeness (QED) is 0.144. The van der Waals surface area contributed by atoms with Crippen LogP contribution in [0, 0.1) is 53.5 Å². The normalized spacial score (nSPS) is 10.3. The van der Waals surface area contributed by atoms with Crippen LogP contribution in [0.3, 0.4) is 0 Å². The second kappa shape index (κ2) is 18.7. The minimum absolute atomic E-state index is 0.202. The molecule has 0 fully saturated rings. The monoisotopic (exact) mass is 1460 g/mol. The number of hydrogen-bond donors (Lipinski definition) is 0. The Hall–Kier alpha value is 1.87. The fraction of sp³-hybridized carbons (Fsp3) is 1.00. The third-order valence-electron chi connectivity index (χ3n) is 3.29. The van der Waals surface area contributed by atoms with E-state index in [9.17, 15) is 0 Å². The first kappa shape index (κ1) is 24.9. The van der Waals surface area contributed by atoms with Crippen LogP contribution in [-0.2, 0) is 4.10 Å². The molecule has 0 saturated heterocycles. The first-order valence-corrected chi connectivity index (χ1v) is 61.3. The average Bonchev–Trinajstić information content (AvgIpc) is 2.49. The van der Waals surface area contributed by atoms with E-state index in [1.54, 1.807) is 24.9 Å². The molecule has 0 aromatic carbocycles. The van der Waals surface area contributed by atoms with Gasteiger partial charge in [0.15, 0.2) is 0 Å². The van der Waals surface area contributed by atoms with Crippen LogP contribution in [0.15, 0.2) is 0 Å². The summed E-state index contributed by atoms with van der Waals surface area (Å²) in [5.41, 5.74) is 1.79. The van der Waals surface area contributed by atoms with E-state index in [1.165, 1.54) is 45.1 Å². The maximum absolute atomic E-state index is 6.05. The molecule has 0 rings (SSSR count). The fourth-order valence-corrected chi connectivity index (χ4v) is 761. The number of rotatable bonds is 18. The summed E-state index contributed by atoms with van der Waals surface area (Å²) in [5.74, 6) is 0. The molecule has 0 atom stereocenters. The summed E-state index contributed by atoms with van der Waals surface area (Å²) in [6, 6.07) is 0. The first-order chi connectivity index (χ1) is 11.1. The van der Waals surface area contributed by atoms with E-state index in [-0.39, 0.29) is 33.1 Å². The van der Waals surface area contributed by atoms with Crippen molar-refractivity contribution in [1.29, 1.82) is 0 Å². The van der Waals surface area contributed by atoms with Gasteiger partial charge in [0, 0.05) is 0 Å². The Kier molecular flexibility index (Phi) is 20.2. The maximum atomic E-state index is 6.05. The summed E-state index contributed by atoms with van der Waals surface area (Å²) in [6.45, 7) is 4.63. The van der Waals surface area contributed by atoms with Crippen LogP contribution in [0.1, 0.15) is 64.7 Å². The molecule has 0 radical (unpaired) electrons. The summed E-state index contributed by atoms with van der Waals surface area (Å²) < 4.78 is 7.13. The van der Waals surface area contributed by atoms with Crippen LogP contribution in [0.2, 0.25) is 5.66 Å². The zero-order valence-electron chi connectivity index (χ0n) is 15.2. The summed E-state index contributed by atoms with van der Waals surface area (Å²) >= 11 is -0.00251. The van der Waals surface area contributed by atoms with Gasteiger partial charge in [0.1, 0.15) is 0 Å². The van der Waals surface area contributed by atoms with Gasteiger partial charge in [0.25, 0.3) is 0 Å². The molecule has 145 valence electrons. The molecule has 0 aromatic heterocycles. The van der Waals surface area contributed by atoms with Crippen LogP contribution < -0.4 is 0 Å². The second-order valence-electron chi connectivity index (χ2n) is 6.67. The standard InChI is InChI=1S/C11H23.C5H13NO.5Am/c1-3-5-7-9-11-10-8-6-4-2;1-6(2,3)4-5-7;;;;;/h1,3-11H2,2H3;4-5H2,1-3H3;;;;;/q;;;;;;+1. The molecular formula is C16H36Am5NO+. The van der Waals surface area contributed by atoms with Crippen LogP contribution in [0.25, 0.3) is 0 Å². The van der Waals surface area contributed by atoms with Gasteiger partial charge < -0.3 is 0 Å². The molecule has 0 bridgehead atoms. The Bertz CT molecular complexity index is 239. The summed E-state index contributed by atoms with van der Waals surface area (Å²) in [6.07, 6.45) is 13.6. The van der Waals surface area contributed by atoms with Crippen molar-refractivity contribution in [1.82, 2.24) is 0 Å². The van der Waals surface area contributed by atoms with Gasteiger partial charge in [-0.25, -0.2) is 0 Å². The van der Waals surface area contributed by atoms with Crippen LogP contribution in [0.4, 0.5) is 0 Å². The van der Waals surface area contributed by atoms with Gasteiger partial charge in [0.2, 0.25) is 0 Å². The van der Waals surface area contributed by atoms with Gasteiger partial charge in [-0.15, -0.1) is 0 Å². The Morgan fingerprint density at radius 2 is 1.35 bits per heavy atom. The van der Waals surface area contributed by atoms with Crippen molar-refractivity contribution in [3.05, 3.63) is 0 Å². The Balaban J connectivity index is 3.00. The summed E-state index contributed by atoms with van der Waals surface area (Å²) in [7, 11) is 7.74. The zero-order valence-corrected chi connectivity index (χ0v) is 31.0. The molecule has 0 aliphatic heterocycles. The average molecular weight is 1470 g/mol. The number of nitrogens with zero attached hydrogens (tertiary/aromatic N) is 1. The Labute approximate surface area is 166 Å². The molecular weight excluding hydrogens is 1440 g/mol. The van der Waals surface area contributed by atoms with E-state index in [1.807, 2.05) is 0 Å². The van der Waals surface area contributed by atoms with Crippen LogP contribution >= 0.6 is 0 Å². The molecule has 0 aliphatic carbocycles. The molecule has 0 aromatic rings. The molecule has 0 aliphatic rings. The predicted octanol–water partition coefficient (Wildman–Crippen LogP) is 4.66. The molecule has 0 amide bonds. The molecule has 0 N–H and O–H groups in total. The van der Waals surface area contributed by atoms with Crippen LogP contribution in [0.5, 0.6) is 0 Å². The van der Waals surface area contributed by atoms with Crippen molar-refractivity contribution >= 4 is 0 Å². The SMILES string of the molecule is CCCCCCCCCC[CH2][Am][Am][Am][Am][Am][O]CC[N+](C)(C)C. The second-order valence-corrected chi connectivity index (χ2v) is 154. The van der Waals surface area contributed by atoms with Crippen molar-refractivity contribution < 1.29 is 62.1 Å². The number of hydrogen-bond acceptors (Lipinski definition) is 1. The van der Waals surface area contributed by atoms with Gasteiger partial charge in [0.05, 0.1) is 0 Å². The molecule has 7 heteroatoms. The van der Waals surface area contributed by atoms with Crippen LogP contribution in [-0.4, -0.2) is 38.8 Å². The van der Waals surface area contributed by atoms with E-state index < -0.39 is 0 Å². The Morgan fingerprint density at radius 3 is 1.96 bits per heavy atom. The van der Waals surface area contributed by atoms with E-state index in [2.05, 4.69) is 28.1 Å². The number of likely N-dealkylation sites (N-methyl/N-ethyl adjacent to an activating group) is 1. The molecule has 23 heavy (non-hydrogen) atoms. The minimum atomic E-state index is -0.235. The van der Waals surface area contributed by atoms with E-state index in [0.29, 0.717) is 20.4 Å². The molecule has 0 heterocycles. The fourth-order valence-electron chi connectivity index (χ4n) is 1.87. The van der Waals surface area contributed by atoms with Crippen molar-refractivity contribution in [3.8, 4) is 0 Å². The van der Waals surface area contributed by atoms with Crippen molar-refractivity contribution in [2.45, 2.75) is 70.4 Å². The van der Waals surface area contributed by atoms with E-state index in [4.69, 9.17) is 4.10 Å². The zero-order chi connectivity index (χ0) is 17.2. The van der Waals surface area contributed by atoms with Crippen molar-refractivity contribution in [2.24, 2.45) is 0 Å². The topological polar surface area (TPSA) is 9.23 Å². The molecule has 0 spiro atoms. The van der Waals surface area contributed by atoms with Gasteiger partial charge in [-0.05, 0) is 0 Å². The van der Waals surface area contributed by atoms with Crippen molar-refractivity contribution in [2.75, 3.05) is 34.3 Å². The number of quaternary nitrogens is 1. The summed E-state index contributed by atoms with van der Waals surface area (Å²) in [4.78, 5) is 0. The third-order valence-corrected chi connectivity index (χ3v) is 372. The van der Waals surface area contributed by atoms with Gasteiger partial charge >= 0.3 is 167 Å². The van der Waals surface area contributed by atoms with Crippen molar-refractivity contribution in [3.63, 3.8) is 0 Å². The summed E-state index contributed by atoms with van der Waals surface area (Å²) in [5, 5.41) is 0. The van der Waals surface area contributed by atoms with Gasteiger partial charge in [-0.1, -0.05) is 0 Å². The van der Waals surface area contributed by atoms with E-state index in [0.717, 1.165) is 11.1 Å². The molecule has 0 saturated carbocycles. The predicted molar refractivity (Wildman–Crippen MR) is 80.9 cm³/mol. The van der Waals surface area contributed by atoms with E-state index >= 15 is 0 Å². The first-order valence-electron chi connectivity index (χ1n) is 8.65. The number of unbranched alkanes of at least 4 members (excludes halogenated alkanes) is 8.